The number of carboxylic acids is 1. The van der Waals surface area contributed by atoms with E-state index in [4.69, 9.17) is 16.2 Å². The smallest absolute Gasteiger partial charge is 0.303 e. The van der Waals surface area contributed by atoms with Gasteiger partial charge in [0.15, 0.2) is 0 Å². The van der Waals surface area contributed by atoms with Crippen LogP contribution in [0.15, 0.2) is 0 Å². The van der Waals surface area contributed by atoms with Crippen LogP contribution >= 0.6 is 12.4 Å². The Morgan fingerprint density at radius 3 is 2.27 bits per heavy atom. The molecular weight excluding hydrogens is 216 g/mol. The highest BCUT2D eigenvalue weighted by atomic mass is 35.5. The van der Waals surface area contributed by atoms with E-state index in [1.165, 1.54) is 0 Å². The van der Waals surface area contributed by atoms with Gasteiger partial charge in [0.25, 0.3) is 0 Å². The Labute approximate surface area is 96.2 Å². The Hall–Kier alpha value is -0.770. The third-order valence-electron chi connectivity index (χ3n) is 3.05. The first-order valence-corrected chi connectivity index (χ1v) is 5.15. The fraction of sp³-hybridized carbons (Fsp3) is 0.800. The molecule has 0 aliphatic heterocycles. The second-order valence-electron chi connectivity index (χ2n) is 4.11. The number of aliphatic carboxylic acids is 1. The average Bonchev–Trinajstić information content (AvgIpc) is 2.15. The van der Waals surface area contributed by atoms with Crippen molar-refractivity contribution in [2.24, 2.45) is 17.6 Å². The highest BCUT2D eigenvalue weighted by molar-refractivity contribution is 5.85. The molecular formula is C10H19ClN2O2. The SMILES string of the molecule is Cl.N=C(N)C1CCC(CCC(=O)O)CC1. The van der Waals surface area contributed by atoms with Crippen LogP contribution in [0.4, 0.5) is 0 Å². The van der Waals surface area contributed by atoms with Gasteiger partial charge in [0.2, 0.25) is 0 Å². The normalized spacial score (nSPS) is 25.3. The Bertz CT molecular complexity index is 225. The first-order chi connectivity index (χ1) is 6.59. The van der Waals surface area contributed by atoms with E-state index in [-0.39, 0.29) is 24.7 Å². The molecule has 88 valence electrons. The van der Waals surface area contributed by atoms with E-state index >= 15 is 0 Å². The number of hydrogen-bond acceptors (Lipinski definition) is 2. The standard InChI is InChI=1S/C10H18N2O2.ClH/c11-10(12)8-4-1-7(2-5-8)3-6-9(13)14;/h7-8H,1-6H2,(H3,11,12)(H,13,14);1H. The van der Waals surface area contributed by atoms with Crippen LogP contribution in [0.25, 0.3) is 0 Å². The zero-order valence-corrected chi connectivity index (χ0v) is 9.55. The number of rotatable bonds is 4. The summed E-state index contributed by atoms with van der Waals surface area (Å²) in [6.45, 7) is 0. The number of carbonyl (C=O) groups is 1. The van der Waals surface area contributed by atoms with Crippen LogP contribution < -0.4 is 5.73 Å². The van der Waals surface area contributed by atoms with Crippen molar-refractivity contribution < 1.29 is 9.90 Å². The Morgan fingerprint density at radius 2 is 1.87 bits per heavy atom. The molecule has 0 aromatic rings. The summed E-state index contributed by atoms with van der Waals surface area (Å²) in [7, 11) is 0. The molecule has 0 aromatic heterocycles. The van der Waals surface area contributed by atoms with Gasteiger partial charge in [-0.1, -0.05) is 0 Å². The number of carboxylic acid groups (broad SMARTS) is 1. The summed E-state index contributed by atoms with van der Waals surface area (Å²) < 4.78 is 0. The van der Waals surface area contributed by atoms with Gasteiger partial charge >= 0.3 is 5.97 Å². The molecule has 4 nitrogen and oxygen atoms in total. The summed E-state index contributed by atoms with van der Waals surface area (Å²) in [6, 6.07) is 0. The van der Waals surface area contributed by atoms with Gasteiger partial charge in [0.05, 0.1) is 5.84 Å². The lowest BCUT2D eigenvalue weighted by atomic mass is 9.79. The molecule has 0 amide bonds. The second-order valence-corrected chi connectivity index (χ2v) is 4.11. The summed E-state index contributed by atoms with van der Waals surface area (Å²) in [6.07, 6.45) is 5.02. The molecule has 0 unspecified atom stereocenters. The molecule has 0 spiro atoms. The number of halogens is 1. The van der Waals surface area contributed by atoms with Crippen molar-refractivity contribution in [2.75, 3.05) is 0 Å². The summed E-state index contributed by atoms with van der Waals surface area (Å²) in [5.74, 6) is 0.359. The number of nitrogens with two attached hydrogens (primary N) is 1. The predicted octanol–water partition coefficient (Wildman–Crippen LogP) is 2.02. The van der Waals surface area contributed by atoms with Crippen LogP contribution in [0.5, 0.6) is 0 Å². The lowest BCUT2D eigenvalue weighted by Crippen LogP contribution is -2.27. The topological polar surface area (TPSA) is 87.2 Å². The molecule has 0 saturated heterocycles. The molecule has 1 aliphatic carbocycles. The molecule has 1 rings (SSSR count). The molecule has 0 aromatic carbocycles. The molecule has 1 aliphatic rings. The van der Waals surface area contributed by atoms with Crippen molar-refractivity contribution in [2.45, 2.75) is 38.5 Å². The van der Waals surface area contributed by atoms with Crippen LogP contribution in [-0.2, 0) is 4.79 Å². The summed E-state index contributed by atoms with van der Waals surface area (Å²) in [5, 5.41) is 15.8. The number of hydrogen-bond donors (Lipinski definition) is 3. The van der Waals surface area contributed by atoms with Crippen LogP contribution in [0.3, 0.4) is 0 Å². The molecule has 1 fully saturated rings. The quantitative estimate of drug-likeness (QED) is 0.514. The molecule has 5 heteroatoms. The van der Waals surface area contributed by atoms with Crippen LogP contribution in [0, 0.1) is 17.2 Å². The van der Waals surface area contributed by atoms with Gasteiger partial charge in [-0.05, 0) is 38.0 Å². The van der Waals surface area contributed by atoms with Gasteiger partial charge in [0, 0.05) is 12.3 Å². The number of nitrogens with one attached hydrogen (secondary N) is 1. The van der Waals surface area contributed by atoms with E-state index in [2.05, 4.69) is 0 Å². The van der Waals surface area contributed by atoms with Crippen molar-refractivity contribution >= 4 is 24.2 Å². The number of amidine groups is 1. The zero-order valence-electron chi connectivity index (χ0n) is 8.74. The fourth-order valence-electron chi connectivity index (χ4n) is 2.09. The molecule has 0 heterocycles. The predicted molar refractivity (Wildman–Crippen MR) is 61.5 cm³/mol. The molecule has 0 atom stereocenters. The monoisotopic (exact) mass is 234 g/mol. The van der Waals surface area contributed by atoms with Gasteiger partial charge in [-0.3, -0.25) is 10.2 Å². The van der Waals surface area contributed by atoms with Crippen LogP contribution in [-0.4, -0.2) is 16.9 Å². The maximum absolute atomic E-state index is 10.4. The maximum Gasteiger partial charge on any atom is 0.303 e. The highest BCUT2D eigenvalue weighted by Gasteiger charge is 2.22. The van der Waals surface area contributed by atoms with Gasteiger partial charge in [-0.2, -0.15) is 0 Å². The minimum atomic E-state index is -0.710. The van der Waals surface area contributed by atoms with Gasteiger partial charge in [-0.25, -0.2) is 0 Å². The van der Waals surface area contributed by atoms with E-state index in [0.717, 1.165) is 32.1 Å². The fourth-order valence-corrected chi connectivity index (χ4v) is 2.09. The van der Waals surface area contributed by atoms with Crippen molar-refractivity contribution in [1.82, 2.24) is 0 Å². The van der Waals surface area contributed by atoms with E-state index in [9.17, 15) is 4.79 Å². The zero-order chi connectivity index (χ0) is 10.6. The van der Waals surface area contributed by atoms with Crippen LogP contribution in [0.1, 0.15) is 38.5 Å². The van der Waals surface area contributed by atoms with Gasteiger partial charge in [0.1, 0.15) is 0 Å². The van der Waals surface area contributed by atoms with E-state index in [0.29, 0.717) is 11.8 Å². The largest absolute Gasteiger partial charge is 0.481 e. The first-order valence-electron chi connectivity index (χ1n) is 5.15. The molecule has 15 heavy (non-hydrogen) atoms. The summed E-state index contributed by atoms with van der Waals surface area (Å²) >= 11 is 0. The van der Waals surface area contributed by atoms with Crippen molar-refractivity contribution in [1.29, 1.82) is 5.41 Å². The van der Waals surface area contributed by atoms with Crippen molar-refractivity contribution in [3.8, 4) is 0 Å². The lowest BCUT2D eigenvalue weighted by Gasteiger charge is -2.27. The Morgan fingerprint density at radius 1 is 1.33 bits per heavy atom. The molecule has 1 saturated carbocycles. The van der Waals surface area contributed by atoms with E-state index in [1.54, 1.807) is 0 Å². The third-order valence-corrected chi connectivity index (χ3v) is 3.05. The highest BCUT2D eigenvalue weighted by Crippen LogP contribution is 2.31. The van der Waals surface area contributed by atoms with Crippen LogP contribution in [0.2, 0.25) is 0 Å². The van der Waals surface area contributed by atoms with Crippen molar-refractivity contribution in [3.63, 3.8) is 0 Å². The summed E-state index contributed by atoms with van der Waals surface area (Å²) in [4.78, 5) is 10.4. The van der Waals surface area contributed by atoms with E-state index < -0.39 is 5.97 Å². The van der Waals surface area contributed by atoms with Gasteiger partial charge < -0.3 is 10.8 Å². The minimum Gasteiger partial charge on any atom is -0.481 e. The second kappa shape index (κ2) is 6.67. The molecule has 0 radical (unpaired) electrons. The first kappa shape index (κ1) is 14.2. The average molecular weight is 235 g/mol. The van der Waals surface area contributed by atoms with E-state index in [1.807, 2.05) is 0 Å². The van der Waals surface area contributed by atoms with Gasteiger partial charge in [-0.15, -0.1) is 12.4 Å². The minimum absolute atomic E-state index is 0. The van der Waals surface area contributed by atoms with Crippen molar-refractivity contribution in [3.05, 3.63) is 0 Å². The Balaban J connectivity index is 0.00000196. The summed E-state index contributed by atoms with van der Waals surface area (Å²) in [5.41, 5.74) is 5.42. The molecule has 0 bridgehead atoms. The maximum atomic E-state index is 10.4. The third kappa shape index (κ3) is 5.02. The Kier molecular flexibility index (Phi) is 6.32. The molecule has 4 N–H and O–H groups in total. The lowest BCUT2D eigenvalue weighted by molar-refractivity contribution is -0.137.